The maximum atomic E-state index is 13.0. The van der Waals surface area contributed by atoms with Gasteiger partial charge in [0.15, 0.2) is 16.2 Å². The van der Waals surface area contributed by atoms with Gasteiger partial charge < -0.3 is 10.2 Å². The van der Waals surface area contributed by atoms with Crippen LogP contribution >= 0.6 is 46.4 Å². The van der Waals surface area contributed by atoms with E-state index in [0.29, 0.717) is 0 Å². The van der Waals surface area contributed by atoms with Crippen LogP contribution in [-0.4, -0.2) is 23.2 Å². The maximum Gasteiger partial charge on any atom is 0.283 e. The Morgan fingerprint density at radius 2 is 1.41 bits per heavy atom. The van der Waals surface area contributed by atoms with Crippen LogP contribution in [0.3, 0.4) is 0 Å². The summed E-state index contributed by atoms with van der Waals surface area (Å²) in [5.74, 6) is -1.34. The summed E-state index contributed by atoms with van der Waals surface area (Å²) < 4.78 is 34.1. The molecule has 0 spiro atoms. The second-order valence-corrected chi connectivity index (χ2v) is 9.23. The number of phenolic OH excluding ortho intramolecular Hbond substituents is 2. The average molecular weight is 494 g/mol. The van der Waals surface area contributed by atoms with E-state index in [1.807, 2.05) is 0 Å². The van der Waals surface area contributed by atoms with E-state index in [4.69, 9.17) is 46.4 Å². The predicted octanol–water partition coefficient (Wildman–Crippen LogP) is 5.89. The third-order valence-electron chi connectivity index (χ3n) is 4.41. The SMILES string of the molecule is O=S(=O)(O)C(c1ccccc1)(c1cc(Cl)cc(Cl)c1Cl)c1ccc(O)c(O)c1Cl. The Bertz CT molecular complexity index is 1200. The highest BCUT2D eigenvalue weighted by atomic mass is 35.5. The van der Waals surface area contributed by atoms with Gasteiger partial charge >= 0.3 is 0 Å². The third-order valence-corrected chi connectivity index (χ3v) is 7.27. The first kappa shape index (κ1) is 22.0. The normalized spacial score (nSPS) is 13.8. The lowest BCUT2D eigenvalue weighted by atomic mass is 9.83. The van der Waals surface area contributed by atoms with E-state index in [0.717, 1.165) is 12.1 Å². The van der Waals surface area contributed by atoms with Crippen LogP contribution in [0.5, 0.6) is 11.5 Å². The third kappa shape index (κ3) is 3.54. The number of hydrogen-bond acceptors (Lipinski definition) is 4. The summed E-state index contributed by atoms with van der Waals surface area (Å²) in [6, 6.07) is 12.3. The summed E-state index contributed by atoms with van der Waals surface area (Å²) in [6.45, 7) is 0. The van der Waals surface area contributed by atoms with Crippen molar-refractivity contribution in [3.8, 4) is 11.5 Å². The van der Waals surface area contributed by atoms with Crippen LogP contribution in [0.1, 0.15) is 16.7 Å². The van der Waals surface area contributed by atoms with Crippen LogP contribution in [-0.2, 0) is 14.9 Å². The zero-order valence-corrected chi connectivity index (χ0v) is 18.1. The van der Waals surface area contributed by atoms with Crippen LogP contribution in [0.4, 0.5) is 0 Å². The summed E-state index contributed by atoms with van der Waals surface area (Å²) in [5.41, 5.74) is -0.393. The van der Waals surface area contributed by atoms with Gasteiger partial charge in [0.1, 0.15) is 0 Å². The van der Waals surface area contributed by atoms with Gasteiger partial charge in [0, 0.05) is 16.1 Å². The Balaban J connectivity index is 2.64. The molecule has 0 saturated carbocycles. The first-order valence-electron chi connectivity index (χ1n) is 7.90. The van der Waals surface area contributed by atoms with Crippen molar-refractivity contribution in [3.05, 3.63) is 91.4 Å². The highest BCUT2D eigenvalue weighted by Gasteiger charge is 2.51. The van der Waals surface area contributed by atoms with Crippen molar-refractivity contribution in [3.63, 3.8) is 0 Å². The van der Waals surface area contributed by atoms with Gasteiger partial charge in [-0.25, -0.2) is 0 Å². The molecule has 3 rings (SSSR count). The van der Waals surface area contributed by atoms with E-state index in [9.17, 15) is 23.2 Å². The lowest BCUT2D eigenvalue weighted by Crippen LogP contribution is -2.39. The van der Waals surface area contributed by atoms with Crippen molar-refractivity contribution in [1.82, 2.24) is 0 Å². The number of benzene rings is 3. The summed E-state index contributed by atoms with van der Waals surface area (Å²) in [4.78, 5) is 0. The highest BCUT2D eigenvalue weighted by molar-refractivity contribution is 7.87. The van der Waals surface area contributed by atoms with Crippen molar-refractivity contribution in [2.24, 2.45) is 0 Å². The minimum Gasteiger partial charge on any atom is -0.504 e. The van der Waals surface area contributed by atoms with Crippen molar-refractivity contribution < 1.29 is 23.2 Å². The monoisotopic (exact) mass is 492 g/mol. The van der Waals surface area contributed by atoms with E-state index in [1.165, 1.54) is 24.3 Å². The molecule has 5 nitrogen and oxygen atoms in total. The molecule has 0 aromatic heterocycles. The maximum absolute atomic E-state index is 13.0. The largest absolute Gasteiger partial charge is 0.504 e. The quantitative estimate of drug-likeness (QED) is 0.182. The second-order valence-electron chi connectivity index (χ2n) is 6.07. The second kappa shape index (κ2) is 7.87. The molecular formula is C19H12Cl4O5S. The number of halogens is 4. The predicted molar refractivity (Wildman–Crippen MR) is 114 cm³/mol. The van der Waals surface area contributed by atoms with Crippen molar-refractivity contribution in [2.45, 2.75) is 4.75 Å². The molecule has 29 heavy (non-hydrogen) atoms. The summed E-state index contributed by atoms with van der Waals surface area (Å²) in [5, 5.41) is 19.2. The van der Waals surface area contributed by atoms with Gasteiger partial charge in [0.2, 0.25) is 0 Å². The lowest BCUT2D eigenvalue weighted by molar-refractivity contribution is 0.402. The Morgan fingerprint density at radius 1 is 0.793 bits per heavy atom. The van der Waals surface area contributed by atoms with Gasteiger partial charge in [0.05, 0.1) is 15.1 Å². The molecule has 1 atom stereocenters. The van der Waals surface area contributed by atoms with Gasteiger partial charge in [0.25, 0.3) is 10.1 Å². The van der Waals surface area contributed by atoms with Crippen molar-refractivity contribution in [1.29, 1.82) is 0 Å². The van der Waals surface area contributed by atoms with E-state index in [1.54, 1.807) is 18.2 Å². The molecule has 3 aromatic carbocycles. The van der Waals surface area contributed by atoms with Gasteiger partial charge in [-0.05, 0) is 23.8 Å². The molecule has 152 valence electrons. The van der Waals surface area contributed by atoms with E-state index >= 15 is 0 Å². The summed E-state index contributed by atoms with van der Waals surface area (Å²) in [7, 11) is -5.07. The van der Waals surface area contributed by atoms with Crippen molar-refractivity contribution >= 4 is 56.5 Å². The first-order valence-corrected chi connectivity index (χ1v) is 10.9. The van der Waals surface area contributed by atoms with Gasteiger partial charge in [-0.15, -0.1) is 0 Å². The van der Waals surface area contributed by atoms with Crippen LogP contribution in [0, 0.1) is 0 Å². The molecule has 3 N–H and O–H groups in total. The van der Waals surface area contributed by atoms with Gasteiger partial charge in [-0.2, -0.15) is 8.42 Å². The highest BCUT2D eigenvalue weighted by Crippen LogP contribution is 2.52. The Morgan fingerprint density at radius 3 is 2.00 bits per heavy atom. The number of rotatable bonds is 4. The molecule has 0 saturated heterocycles. The van der Waals surface area contributed by atoms with Crippen LogP contribution < -0.4 is 0 Å². The zero-order valence-electron chi connectivity index (χ0n) is 14.3. The molecule has 1 unspecified atom stereocenters. The Kier molecular flexibility index (Phi) is 5.98. The molecule has 0 aliphatic heterocycles. The number of hydrogen-bond donors (Lipinski definition) is 3. The molecule has 10 heteroatoms. The number of phenols is 2. The van der Waals surface area contributed by atoms with Crippen LogP contribution in [0.25, 0.3) is 0 Å². The lowest BCUT2D eigenvalue weighted by Gasteiger charge is -2.34. The number of aromatic hydroxyl groups is 2. The van der Waals surface area contributed by atoms with Crippen LogP contribution in [0.2, 0.25) is 20.1 Å². The molecule has 0 amide bonds. The fraction of sp³-hybridized carbons (Fsp3) is 0.0526. The first-order chi connectivity index (χ1) is 13.5. The Hall–Kier alpha value is -1.67. The van der Waals surface area contributed by atoms with E-state index in [-0.39, 0.29) is 31.8 Å². The van der Waals surface area contributed by atoms with Crippen LogP contribution in [0.15, 0.2) is 54.6 Å². The Labute approximate surface area is 186 Å². The fourth-order valence-corrected chi connectivity index (χ4v) is 5.67. The summed E-state index contributed by atoms with van der Waals surface area (Å²) >= 11 is 24.8. The topological polar surface area (TPSA) is 94.8 Å². The molecule has 0 radical (unpaired) electrons. The molecular weight excluding hydrogens is 482 g/mol. The van der Waals surface area contributed by atoms with Gasteiger partial charge in [-0.3, -0.25) is 4.55 Å². The van der Waals surface area contributed by atoms with E-state index < -0.39 is 31.4 Å². The molecule has 0 heterocycles. The average Bonchev–Trinajstić information content (AvgIpc) is 2.65. The minimum atomic E-state index is -5.07. The molecule has 3 aromatic rings. The smallest absolute Gasteiger partial charge is 0.283 e. The standard InChI is InChI=1S/C19H12Cl4O5S/c20-11-8-13(16(22)14(21)9-11)19(29(26,27)28,10-4-2-1-3-5-10)12-6-7-15(24)18(25)17(12)23/h1-9,24-25H,(H,26,27,28). The van der Waals surface area contributed by atoms with Gasteiger partial charge in [-0.1, -0.05) is 82.8 Å². The molecule has 0 fully saturated rings. The molecule has 0 bridgehead atoms. The van der Waals surface area contributed by atoms with Crippen molar-refractivity contribution in [2.75, 3.05) is 0 Å². The van der Waals surface area contributed by atoms with E-state index in [2.05, 4.69) is 0 Å². The molecule has 0 aliphatic rings. The minimum absolute atomic E-state index is 0.0507. The molecule has 0 aliphatic carbocycles. The zero-order chi connectivity index (χ0) is 21.6. The summed E-state index contributed by atoms with van der Waals surface area (Å²) in [6.07, 6.45) is 0. The fourth-order valence-electron chi connectivity index (χ4n) is 3.19.